The first-order chi connectivity index (χ1) is 8.56. The first-order valence-electron chi connectivity index (χ1n) is 5.62. The Morgan fingerprint density at radius 2 is 2.22 bits per heavy atom. The van der Waals surface area contributed by atoms with Crippen molar-refractivity contribution in [2.75, 3.05) is 13.2 Å². The zero-order valence-corrected chi connectivity index (χ0v) is 9.58. The smallest absolute Gasteiger partial charge is 0.312 e. The SMILES string of the molecule is NCC(C(=O)O)c1c(F)cc(F)c2c1OCCC2. The van der Waals surface area contributed by atoms with E-state index in [2.05, 4.69) is 0 Å². The molecule has 1 aliphatic heterocycles. The molecular formula is C12H13F2NO3. The second-order valence-corrected chi connectivity index (χ2v) is 4.14. The van der Waals surface area contributed by atoms with Crippen LogP contribution >= 0.6 is 0 Å². The highest BCUT2D eigenvalue weighted by molar-refractivity contribution is 5.78. The van der Waals surface area contributed by atoms with E-state index in [0.29, 0.717) is 25.5 Å². The fourth-order valence-corrected chi connectivity index (χ4v) is 2.14. The minimum Gasteiger partial charge on any atom is -0.493 e. The molecule has 3 N–H and O–H groups in total. The van der Waals surface area contributed by atoms with Gasteiger partial charge in [-0.2, -0.15) is 0 Å². The molecule has 0 aromatic heterocycles. The molecule has 0 saturated heterocycles. The highest BCUT2D eigenvalue weighted by Gasteiger charge is 2.30. The van der Waals surface area contributed by atoms with Gasteiger partial charge < -0.3 is 15.6 Å². The first kappa shape index (κ1) is 12.8. The quantitative estimate of drug-likeness (QED) is 0.858. The predicted molar refractivity (Wildman–Crippen MR) is 59.6 cm³/mol. The first-order valence-corrected chi connectivity index (χ1v) is 5.62. The van der Waals surface area contributed by atoms with Gasteiger partial charge in [-0.05, 0) is 12.8 Å². The fourth-order valence-electron chi connectivity index (χ4n) is 2.14. The van der Waals surface area contributed by atoms with Crippen LogP contribution in [0, 0.1) is 11.6 Å². The van der Waals surface area contributed by atoms with E-state index < -0.39 is 23.5 Å². The van der Waals surface area contributed by atoms with Gasteiger partial charge in [0.15, 0.2) is 0 Å². The lowest BCUT2D eigenvalue weighted by molar-refractivity contribution is -0.138. The van der Waals surface area contributed by atoms with E-state index in [0.717, 1.165) is 0 Å². The number of carbonyl (C=O) groups is 1. The zero-order valence-electron chi connectivity index (χ0n) is 9.58. The van der Waals surface area contributed by atoms with Crippen molar-refractivity contribution in [1.29, 1.82) is 0 Å². The molecule has 1 unspecified atom stereocenters. The lowest BCUT2D eigenvalue weighted by Crippen LogP contribution is -2.25. The molecule has 1 heterocycles. The van der Waals surface area contributed by atoms with Crippen LogP contribution < -0.4 is 10.5 Å². The van der Waals surface area contributed by atoms with Crippen LogP contribution in [0.3, 0.4) is 0 Å². The van der Waals surface area contributed by atoms with E-state index >= 15 is 0 Å². The van der Waals surface area contributed by atoms with Crippen LogP contribution in [-0.4, -0.2) is 24.2 Å². The van der Waals surface area contributed by atoms with E-state index in [1.54, 1.807) is 0 Å². The summed E-state index contributed by atoms with van der Waals surface area (Å²) in [6.07, 6.45) is 1.03. The molecule has 1 aromatic carbocycles. The molecule has 6 heteroatoms. The molecule has 1 aliphatic rings. The third-order valence-electron chi connectivity index (χ3n) is 3.02. The maximum Gasteiger partial charge on any atom is 0.312 e. The summed E-state index contributed by atoms with van der Waals surface area (Å²) < 4.78 is 32.6. The average molecular weight is 257 g/mol. The number of halogens is 2. The number of rotatable bonds is 3. The molecule has 4 nitrogen and oxygen atoms in total. The second kappa shape index (κ2) is 4.89. The summed E-state index contributed by atoms with van der Waals surface area (Å²) in [6.45, 7) is 0.0491. The van der Waals surface area contributed by atoms with Crippen LogP contribution in [0.5, 0.6) is 5.75 Å². The van der Waals surface area contributed by atoms with Crippen molar-refractivity contribution in [3.63, 3.8) is 0 Å². The van der Waals surface area contributed by atoms with Gasteiger partial charge in [-0.25, -0.2) is 8.78 Å². The molecular weight excluding hydrogens is 244 g/mol. The van der Waals surface area contributed by atoms with Crippen molar-refractivity contribution >= 4 is 5.97 Å². The van der Waals surface area contributed by atoms with Gasteiger partial charge in [0.25, 0.3) is 0 Å². The number of hydrogen-bond donors (Lipinski definition) is 2. The zero-order chi connectivity index (χ0) is 13.3. The molecule has 0 radical (unpaired) electrons. The molecule has 1 aromatic rings. The van der Waals surface area contributed by atoms with Crippen molar-refractivity contribution in [2.24, 2.45) is 5.73 Å². The van der Waals surface area contributed by atoms with Gasteiger partial charge in [0, 0.05) is 23.7 Å². The Hall–Kier alpha value is -1.69. The number of ether oxygens (including phenoxy) is 1. The highest BCUT2D eigenvalue weighted by Crippen LogP contribution is 2.37. The Labute approximate surface area is 102 Å². The van der Waals surface area contributed by atoms with Crippen LogP contribution in [0.2, 0.25) is 0 Å². The summed E-state index contributed by atoms with van der Waals surface area (Å²) in [5.74, 6) is -4.09. The Bertz CT molecular complexity index is 491. The molecule has 0 fully saturated rings. The topological polar surface area (TPSA) is 72.6 Å². The number of benzene rings is 1. The van der Waals surface area contributed by atoms with Crippen LogP contribution in [0.25, 0.3) is 0 Å². The minimum absolute atomic E-state index is 0.0107. The van der Waals surface area contributed by atoms with Crippen LogP contribution in [0.1, 0.15) is 23.5 Å². The van der Waals surface area contributed by atoms with Crippen molar-refractivity contribution < 1.29 is 23.4 Å². The van der Waals surface area contributed by atoms with Crippen molar-refractivity contribution in [1.82, 2.24) is 0 Å². The number of nitrogens with two attached hydrogens (primary N) is 1. The van der Waals surface area contributed by atoms with Crippen LogP contribution in [0.4, 0.5) is 8.78 Å². The molecule has 0 amide bonds. The highest BCUT2D eigenvalue weighted by atomic mass is 19.1. The van der Waals surface area contributed by atoms with E-state index in [-0.39, 0.29) is 23.4 Å². The average Bonchev–Trinajstić information content (AvgIpc) is 2.34. The maximum absolute atomic E-state index is 13.8. The number of fused-ring (bicyclic) bond motifs is 1. The molecule has 2 rings (SSSR count). The van der Waals surface area contributed by atoms with Gasteiger partial charge in [-0.1, -0.05) is 0 Å². The van der Waals surface area contributed by atoms with Crippen LogP contribution in [0.15, 0.2) is 6.07 Å². The van der Waals surface area contributed by atoms with E-state index in [1.807, 2.05) is 0 Å². The standard InChI is InChI=1S/C12H13F2NO3/c13-8-4-9(14)10(7(5-15)12(16)17)11-6(8)2-1-3-18-11/h4,7H,1-3,5,15H2,(H,16,17). The van der Waals surface area contributed by atoms with Gasteiger partial charge >= 0.3 is 5.97 Å². The third kappa shape index (κ3) is 2.03. The number of aliphatic carboxylic acids is 1. The maximum atomic E-state index is 13.8. The lowest BCUT2D eigenvalue weighted by atomic mass is 9.92. The number of hydrogen-bond acceptors (Lipinski definition) is 3. The Balaban J connectivity index is 2.62. The van der Waals surface area contributed by atoms with Crippen molar-refractivity contribution in [2.45, 2.75) is 18.8 Å². The molecule has 18 heavy (non-hydrogen) atoms. The van der Waals surface area contributed by atoms with Crippen molar-refractivity contribution in [3.05, 3.63) is 28.8 Å². The van der Waals surface area contributed by atoms with Gasteiger partial charge in [0.2, 0.25) is 0 Å². The molecule has 0 aliphatic carbocycles. The molecule has 0 spiro atoms. The molecule has 0 bridgehead atoms. The molecule has 0 saturated carbocycles. The Kier molecular flexibility index (Phi) is 3.47. The normalized spacial score (nSPS) is 15.7. The Morgan fingerprint density at radius 3 is 2.83 bits per heavy atom. The summed E-state index contributed by atoms with van der Waals surface area (Å²) in [6, 6.07) is 0.703. The summed E-state index contributed by atoms with van der Waals surface area (Å²) in [5.41, 5.74) is 5.43. The van der Waals surface area contributed by atoms with E-state index in [4.69, 9.17) is 15.6 Å². The monoisotopic (exact) mass is 257 g/mol. The van der Waals surface area contributed by atoms with Gasteiger partial charge in [0.1, 0.15) is 23.3 Å². The summed E-state index contributed by atoms with van der Waals surface area (Å²) in [5, 5.41) is 9.03. The summed E-state index contributed by atoms with van der Waals surface area (Å²) in [7, 11) is 0. The van der Waals surface area contributed by atoms with E-state index in [1.165, 1.54) is 0 Å². The minimum atomic E-state index is -1.25. The molecule has 98 valence electrons. The second-order valence-electron chi connectivity index (χ2n) is 4.14. The van der Waals surface area contributed by atoms with E-state index in [9.17, 15) is 13.6 Å². The van der Waals surface area contributed by atoms with Crippen molar-refractivity contribution in [3.8, 4) is 5.75 Å². The fraction of sp³-hybridized carbons (Fsp3) is 0.417. The number of carboxylic acids is 1. The largest absolute Gasteiger partial charge is 0.493 e. The third-order valence-corrected chi connectivity index (χ3v) is 3.02. The van der Waals surface area contributed by atoms with Gasteiger partial charge in [0.05, 0.1) is 6.61 Å². The summed E-state index contributed by atoms with van der Waals surface area (Å²) in [4.78, 5) is 11.1. The van der Waals surface area contributed by atoms with Gasteiger partial charge in [-0.3, -0.25) is 4.79 Å². The lowest BCUT2D eigenvalue weighted by Gasteiger charge is -2.23. The summed E-state index contributed by atoms with van der Waals surface area (Å²) >= 11 is 0. The molecule has 1 atom stereocenters. The predicted octanol–water partition coefficient (Wildman–Crippen LogP) is 1.42. The number of carboxylic acid groups (broad SMARTS) is 1. The van der Waals surface area contributed by atoms with Gasteiger partial charge in [-0.15, -0.1) is 0 Å². The Morgan fingerprint density at radius 1 is 1.50 bits per heavy atom. The van der Waals surface area contributed by atoms with Crippen LogP contribution in [-0.2, 0) is 11.2 Å².